The largest absolute Gasteiger partial charge is 0.308 e. The Balaban J connectivity index is 2.26. The smallest absolute Gasteiger partial charge is 0.264 e. The Hall–Kier alpha value is -1.18. The number of fused-ring (bicyclic) bond motifs is 1. The number of thioether (sulfide) groups is 1. The normalized spacial score (nSPS) is 21.5. The molecule has 102 valence electrons. The Kier molecular flexibility index (Phi) is 3.43. The molecule has 0 radical (unpaired) electrons. The molecule has 0 aromatic heterocycles. The van der Waals surface area contributed by atoms with Crippen molar-refractivity contribution in [3.63, 3.8) is 0 Å². The first-order valence-corrected chi connectivity index (χ1v) is 7.94. The average Bonchev–Trinajstić information content (AvgIpc) is 2.85. The maximum Gasteiger partial charge on any atom is 0.264 e. The number of benzene rings is 1. The van der Waals surface area contributed by atoms with Crippen molar-refractivity contribution >= 4 is 67.3 Å². The van der Waals surface area contributed by atoms with Gasteiger partial charge in [-0.25, -0.2) is 0 Å². The lowest BCUT2D eigenvalue weighted by atomic mass is 10.1. The number of hydrogen-bond acceptors (Lipinski definition) is 4. The number of nitrogens with zero attached hydrogens (tertiary/aromatic N) is 1. The molecule has 2 heterocycles. The van der Waals surface area contributed by atoms with Gasteiger partial charge in [0.1, 0.15) is 4.32 Å². The van der Waals surface area contributed by atoms with E-state index in [0.29, 0.717) is 21.3 Å². The minimum Gasteiger partial charge on any atom is -0.308 e. The molecular formula is C13H9BrN2O2S2. The number of nitrogens with one attached hydrogen (secondary N) is 1. The van der Waals surface area contributed by atoms with E-state index in [1.54, 1.807) is 4.90 Å². The standard InChI is InChI=1S/C13H9BrN2O2S2/c1-2-16-8-4-3-6(14)5-7(8)9(12(16)18)10-11(17)15-13(19)20-10/h3-5H,2H2,1H3,(H,15,17,19). The molecule has 0 spiro atoms. The van der Waals surface area contributed by atoms with Crippen LogP contribution in [0.25, 0.3) is 5.57 Å². The summed E-state index contributed by atoms with van der Waals surface area (Å²) in [4.78, 5) is 26.6. The number of likely N-dealkylation sites (N-methyl/N-ethyl adjacent to an activating group) is 1. The predicted molar refractivity (Wildman–Crippen MR) is 87.4 cm³/mol. The zero-order chi connectivity index (χ0) is 14.4. The van der Waals surface area contributed by atoms with E-state index in [0.717, 1.165) is 27.5 Å². The molecule has 0 aliphatic carbocycles. The fraction of sp³-hybridized carbons (Fsp3) is 0.154. The zero-order valence-electron chi connectivity index (χ0n) is 10.4. The van der Waals surface area contributed by atoms with E-state index in [-0.39, 0.29) is 11.8 Å². The average molecular weight is 369 g/mol. The lowest BCUT2D eigenvalue weighted by molar-refractivity contribution is -0.116. The number of hydrogen-bond donors (Lipinski definition) is 1. The number of amides is 2. The summed E-state index contributed by atoms with van der Waals surface area (Å²) in [6, 6.07) is 5.62. The highest BCUT2D eigenvalue weighted by Gasteiger charge is 2.38. The first kappa shape index (κ1) is 13.8. The van der Waals surface area contributed by atoms with Crippen LogP contribution in [0.4, 0.5) is 5.69 Å². The van der Waals surface area contributed by atoms with Gasteiger partial charge in [0.15, 0.2) is 0 Å². The number of thiocarbonyl (C=S) groups is 1. The highest BCUT2D eigenvalue weighted by molar-refractivity contribution is 9.10. The molecule has 0 atom stereocenters. The highest BCUT2D eigenvalue weighted by Crippen LogP contribution is 2.43. The van der Waals surface area contributed by atoms with Gasteiger partial charge in [-0.05, 0) is 25.1 Å². The second-order valence-corrected chi connectivity index (χ2v) is 6.86. The first-order chi connectivity index (χ1) is 9.52. The Morgan fingerprint density at radius 2 is 2.15 bits per heavy atom. The van der Waals surface area contributed by atoms with Crippen LogP contribution < -0.4 is 10.2 Å². The summed E-state index contributed by atoms with van der Waals surface area (Å²) >= 11 is 9.54. The van der Waals surface area contributed by atoms with Crippen molar-refractivity contribution in [3.8, 4) is 0 Å². The number of anilines is 1. The van der Waals surface area contributed by atoms with Crippen LogP contribution in [0, 0.1) is 0 Å². The molecule has 7 heteroatoms. The van der Waals surface area contributed by atoms with Crippen molar-refractivity contribution in [2.45, 2.75) is 6.92 Å². The van der Waals surface area contributed by atoms with Crippen molar-refractivity contribution in [2.24, 2.45) is 0 Å². The van der Waals surface area contributed by atoms with Gasteiger partial charge in [0, 0.05) is 16.6 Å². The number of rotatable bonds is 1. The van der Waals surface area contributed by atoms with Crippen molar-refractivity contribution in [3.05, 3.63) is 33.1 Å². The second kappa shape index (κ2) is 4.98. The summed E-state index contributed by atoms with van der Waals surface area (Å²) in [5.41, 5.74) is 2.04. The van der Waals surface area contributed by atoms with Gasteiger partial charge in [0.25, 0.3) is 11.8 Å². The van der Waals surface area contributed by atoms with Crippen molar-refractivity contribution in [2.75, 3.05) is 11.4 Å². The molecule has 1 aromatic carbocycles. The summed E-state index contributed by atoms with van der Waals surface area (Å²) < 4.78 is 1.25. The summed E-state index contributed by atoms with van der Waals surface area (Å²) in [5.74, 6) is -0.449. The fourth-order valence-electron chi connectivity index (χ4n) is 2.32. The van der Waals surface area contributed by atoms with Gasteiger partial charge >= 0.3 is 0 Å². The van der Waals surface area contributed by atoms with E-state index in [9.17, 15) is 9.59 Å². The van der Waals surface area contributed by atoms with E-state index in [2.05, 4.69) is 21.2 Å². The summed E-state index contributed by atoms with van der Waals surface area (Å²) in [6.07, 6.45) is 0. The van der Waals surface area contributed by atoms with Gasteiger partial charge < -0.3 is 10.2 Å². The van der Waals surface area contributed by atoms with Gasteiger partial charge in [-0.2, -0.15) is 0 Å². The second-order valence-electron chi connectivity index (χ2n) is 4.26. The minimum atomic E-state index is -0.299. The molecule has 1 fully saturated rings. The van der Waals surface area contributed by atoms with Crippen LogP contribution in [0.15, 0.2) is 27.6 Å². The maximum atomic E-state index is 12.6. The highest BCUT2D eigenvalue weighted by atomic mass is 79.9. The van der Waals surface area contributed by atoms with E-state index in [1.807, 2.05) is 25.1 Å². The molecule has 1 N–H and O–H groups in total. The van der Waals surface area contributed by atoms with Crippen LogP contribution in [0.2, 0.25) is 0 Å². The predicted octanol–water partition coefficient (Wildman–Crippen LogP) is 2.67. The van der Waals surface area contributed by atoms with Crippen LogP contribution in [-0.2, 0) is 9.59 Å². The summed E-state index contributed by atoms with van der Waals surface area (Å²) in [5, 5.41) is 2.56. The summed E-state index contributed by atoms with van der Waals surface area (Å²) in [6.45, 7) is 2.46. The van der Waals surface area contributed by atoms with Crippen LogP contribution in [0.1, 0.15) is 12.5 Å². The Bertz CT molecular complexity index is 700. The third-order valence-electron chi connectivity index (χ3n) is 3.14. The lowest BCUT2D eigenvalue weighted by Crippen LogP contribution is -2.26. The monoisotopic (exact) mass is 368 g/mol. The van der Waals surface area contributed by atoms with Crippen LogP contribution in [-0.4, -0.2) is 22.7 Å². The minimum absolute atomic E-state index is 0.150. The zero-order valence-corrected chi connectivity index (χ0v) is 13.6. The molecule has 0 saturated carbocycles. The van der Waals surface area contributed by atoms with E-state index in [1.165, 1.54) is 0 Å². The Morgan fingerprint density at radius 3 is 2.75 bits per heavy atom. The Morgan fingerprint density at radius 1 is 1.40 bits per heavy atom. The Labute approximate surface area is 133 Å². The van der Waals surface area contributed by atoms with Gasteiger partial charge in [-0.3, -0.25) is 9.59 Å². The van der Waals surface area contributed by atoms with Gasteiger partial charge in [-0.1, -0.05) is 39.9 Å². The molecule has 2 amide bonds. The third-order valence-corrected chi connectivity index (χ3v) is 4.86. The van der Waals surface area contributed by atoms with E-state index >= 15 is 0 Å². The molecule has 2 aliphatic heterocycles. The fourth-order valence-corrected chi connectivity index (χ4v) is 3.79. The SMILES string of the molecule is CCN1C(=O)C(=C2SC(=S)NC2=O)c2cc(Br)ccc21. The topological polar surface area (TPSA) is 49.4 Å². The van der Waals surface area contributed by atoms with Crippen molar-refractivity contribution < 1.29 is 9.59 Å². The van der Waals surface area contributed by atoms with Crippen LogP contribution >= 0.6 is 39.9 Å². The molecule has 0 unspecified atom stereocenters. The number of halogens is 1. The molecule has 1 saturated heterocycles. The molecule has 0 bridgehead atoms. The van der Waals surface area contributed by atoms with Gasteiger partial charge in [0.05, 0.1) is 16.2 Å². The molecular weight excluding hydrogens is 360 g/mol. The first-order valence-electron chi connectivity index (χ1n) is 5.92. The molecule has 3 rings (SSSR count). The number of carbonyl (C=O) groups excluding carboxylic acids is 2. The van der Waals surface area contributed by atoms with Crippen LogP contribution in [0.3, 0.4) is 0 Å². The lowest BCUT2D eigenvalue weighted by Gasteiger charge is -2.13. The van der Waals surface area contributed by atoms with Gasteiger partial charge in [0.2, 0.25) is 0 Å². The molecule has 4 nitrogen and oxygen atoms in total. The molecule has 2 aliphatic rings. The molecule has 20 heavy (non-hydrogen) atoms. The van der Waals surface area contributed by atoms with Crippen molar-refractivity contribution in [1.29, 1.82) is 0 Å². The van der Waals surface area contributed by atoms with E-state index < -0.39 is 0 Å². The van der Waals surface area contributed by atoms with E-state index in [4.69, 9.17) is 12.2 Å². The van der Waals surface area contributed by atoms with Gasteiger partial charge in [-0.15, -0.1) is 0 Å². The number of carbonyl (C=O) groups is 2. The third kappa shape index (κ3) is 2.01. The quantitative estimate of drug-likeness (QED) is 0.611. The van der Waals surface area contributed by atoms with Crippen molar-refractivity contribution in [1.82, 2.24) is 5.32 Å². The molecule has 1 aromatic rings. The maximum absolute atomic E-state index is 12.6. The summed E-state index contributed by atoms with van der Waals surface area (Å²) in [7, 11) is 0. The van der Waals surface area contributed by atoms with Crippen LogP contribution in [0.5, 0.6) is 0 Å².